The molecule has 2 rings (SSSR count). The Morgan fingerprint density at radius 1 is 1.30 bits per heavy atom. The Morgan fingerprint density at radius 3 is 2.65 bits per heavy atom. The summed E-state index contributed by atoms with van der Waals surface area (Å²) in [5, 5.41) is 15.6. The highest BCUT2D eigenvalue weighted by atomic mass is 35.5. The number of carbonyl (C=O) groups excluding carboxylic acids is 1. The SMILES string of the molecule is O=C(NCCCOC1CCCC1)NC(CO)c1ccc(Cl)cc1. The van der Waals surface area contributed by atoms with E-state index in [9.17, 15) is 9.90 Å². The van der Waals surface area contributed by atoms with Crippen LogP contribution in [0.3, 0.4) is 0 Å². The number of aliphatic hydroxyl groups excluding tert-OH is 1. The predicted octanol–water partition coefficient (Wildman–Crippen LogP) is 3.02. The van der Waals surface area contributed by atoms with E-state index in [1.807, 2.05) is 0 Å². The van der Waals surface area contributed by atoms with Gasteiger partial charge in [0.1, 0.15) is 0 Å². The van der Waals surface area contributed by atoms with Gasteiger partial charge in [0.05, 0.1) is 18.8 Å². The van der Waals surface area contributed by atoms with Gasteiger partial charge in [-0.15, -0.1) is 0 Å². The highest BCUT2D eigenvalue weighted by Gasteiger charge is 2.15. The number of carbonyl (C=O) groups is 1. The fourth-order valence-electron chi connectivity index (χ4n) is 2.72. The molecule has 6 heteroatoms. The summed E-state index contributed by atoms with van der Waals surface area (Å²) in [5.41, 5.74) is 0.816. The van der Waals surface area contributed by atoms with Crippen molar-refractivity contribution in [1.82, 2.24) is 10.6 Å². The number of amides is 2. The van der Waals surface area contributed by atoms with Crippen molar-refractivity contribution in [2.75, 3.05) is 19.8 Å². The number of hydrogen-bond acceptors (Lipinski definition) is 3. The Hall–Kier alpha value is -1.30. The molecule has 1 saturated carbocycles. The molecule has 23 heavy (non-hydrogen) atoms. The van der Waals surface area contributed by atoms with E-state index in [4.69, 9.17) is 16.3 Å². The zero-order valence-corrected chi connectivity index (χ0v) is 14.0. The monoisotopic (exact) mass is 340 g/mol. The van der Waals surface area contributed by atoms with Crippen LogP contribution < -0.4 is 10.6 Å². The van der Waals surface area contributed by atoms with Crippen LogP contribution in [0, 0.1) is 0 Å². The predicted molar refractivity (Wildman–Crippen MR) is 90.6 cm³/mol. The van der Waals surface area contributed by atoms with Gasteiger partial charge in [0.25, 0.3) is 0 Å². The summed E-state index contributed by atoms with van der Waals surface area (Å²) in [7, 11) is 0. The van der Waals surface area contributed by atoms with Crippen LogP contribution in [0.2, 0.25) is 5.02 Å². The Morgan fingerprint density at radius 2 is 2.00 bits per heavy atom. The smallest absolute Gasteiger partial charge is 0.315 e. The average Bonchev–Trinajstić information content (AvgIpc) is 3.06. The van der Waals surface area contributed by atoms with Gasteiger partial charge in [0.2, 0.25) is 0 Å². The second-order valence-corrected chi connectivity index (χ2v) is 6.25. The molecule has 0 saturated heterocycles. The lowest BCUT2D eigenvalue weighted by molar-refractivity contribution is 0.0571. The number of rotatable bonds is 8. The van der Waals surface area contributed by atoms with Crippen molar-refractivity contribution in [2.24, 2.45) is 0 Å². The lowest BCUT2D eigenvalue weighted by Gasteiger charge is -2.17. The van der Waals surface area contributed by atoms with Crippen molar-refractivity contribution in [3.8, 4) is 0 Å². The molecule has 0 aliphatic heterocycles. The molecule has 0 heterocycles. The summed E-state index contributed by atoms with van der Waals surface area (Å²) in [6, 6.07) is 6.32. The Kier molecular flexibility index (Phi) is 7.65. The summed E-state index contributed by atoms with van der Waals surface area (Å²) in [6.07, 6.45) is 6.04. The van der Waals surface area contributed by atoms with Gasteiger partial charge in [0, 0.05) is 18.2 Å². The van der Waals surface area contributed by atoms with Crippen LogP contribution in [-0.2, 0) is 4.74 Å². The number of urea groups is 1. The van der Waals surface area contributed by atoms with Crippen LogP contribution in [0.4, 0.5) is 4.79 Å². The summed E-state index contributed by atoms with van der Waals surface area (Å²) < 4.78 is 5.74. The first-order valence-electron chi connectivity index (χ1n) is 8.21. The number of ether oxygens (including phenoxy) is 1. The van der Waals surface area contributed by atoms with E-state index in [0.717, 1.165) is 24.8 Å². The van der Waals surface area contributed by atoms with E-state index in [0.29, 0.717) is 24.3 Å². The van der Waals surface area contributed by atoms with Crippen molar-refractivity contribution >= 4 is 17.6 Å². The van der Waals surface area contributed by atoms with Crippen LogP contribution in [0.5, 0.6) is 0 Å². The van der Waals surface area contributed by atoms with Crippen molar-refractivity contribution < 1.29 is 14.6 Å². The van der Waals surface area contributed by atoms with Gasteiger partial charge < -0.3 is 20.5 Å². The fraction of sp³-hybridized carbons (Fsp3) is 0.588. The van der Waals surface area contributed by atoms with Crippen LogP contribution in [-0.4, -0.2) is 37.0 Å². The minimum absolute atomic E-state index is 0.167. The minimum Gasteiger partial charge on any atom is -0.394 e. The Bertz CT molecular complexity index is 475. The van der Waals surface area contributed by atoms with E-state index in [1.165, 1.54) is 12.8 Å². The first kappa shape index (κ1) is 18.0. The molecule has 1 unspecified atom stereocenters. The third-order valence-corrected chi connectivity index (χ3v) is 4.27. The van der Waals surface area contributed by atoms with E-state index < -0.39 is 6.04 Å². The second-order valence-electron chi connectivity index (χ2n) is 5.82. The first-order chi connectivity index (χ1) is 11.2. The van der Waals surface area contributed by atoms with Crippen LogP contribution >= 0.6 is 11.6 Å². The largest absolute Gasteiger partial charge is 0.394 e. The summed E-state index contributed by atoms with van der Waals surface area (Å²) >= 11 is 5.84. The third kappa shape index (κ3) is 6.37. The maximum absolute atomic E-state index is 11.9. The number of aliphatic hydroxyl groups is 1. The third-order valence-electron chi connectivity index (χ3n) is 4.02. The highest BCUT2D eigenvalue weighted by molar-refractivity contribution is 6.30. The second kappa shape index (κ2) is 9.75. The van der Waals surface area contributed by atoms with Gasteiger partial charge in [-0.05, 0) is 37.0 Å². The molecular formula is C17H25ClN2O3. The molecule has 1 aromatic carbocycles. The Balaban J connectivity index is 1.63. The molecular weight excluding hydrogens is 316 g/mol. The summed E-state index contributed by atoms with van der Waals surface area (Å²) in [6.45, 7) is 1.06. The lowest BCUT2D eigenvalue weighted by atomic mass is 10.1. The lowest BCUT2D eigenvalue weighted by Crippen LogP contribution is -2.39. The topological polar surface area (TPSA) is 70.6 Å². The normalized spacial score (nSPS) is 16.3. The van der Waals surface area contributed by atoms with E-state index >= 15 is 0 Å². The molecule has 1 aromatic rings. The fourth-order valence-corrected chi connectivity index (χ4v) is 2.84. The maximum Gasteiger partial charge on any atom is 0.315 e. The Labute approximate surface area is 142 Å². The zero-order chi connectivity index (χ0) is 16.5. The molecule has 128 valence electrons. The number of hydrogen-bond donors (Lipinski definition) is 3. The average molecular weight is 341 g/mol. The number of nitrogens with one attached hydrogen (secondary N) is 2. The highest BCUT2D eigenvalue weighted by Crippen LogP contribution is 2.20. The first-order valence-corrected chi connectivity index (χ1v) is 8.59. The van der Waals surface area contributed by atoms with Crippen LogP contribution in [0.15, 0.2) is 24.3 Å². The van der Waals surface area contributed by atoms with Crippen LogP contribution in [0.1, 0.15) is 43.7 Å². The molecule has 0 bridgehead atoms. The number of halogens is 1. The minimum atomic E-state index is -0.443. The van der Waals surface area contributed by atoms with E-state index in [-0.39, 0.29) is 12.6 Å². The number of benzene rings is 1. The maximum atomic E-state index is 11.9. The molecule has 1 atom stereocenters. The molecule has 0 radical (unpaired) electrons. The molecule has 5 nitrogen and oxygen atoms in total. The van der Waals surface area contributed by atoms with Crippen molar-refractivity contribution in [1.29, 1.82) is 0 Å². The molecule has 1 aliphatic rings. The summed E-state index contributed by atoms with van der Waals surface area (Å²) in [5.74, 6) is 0. The molecule has 0 aromatic heterocycles. The molecule has 3 N–H and O–H groups in total. The molecule has 1 fully saturated rings. The molecule has 2 amide bonds. The summed E-state index contributed by atoms with van der Waals surface area (Å²) in [4.78, 5) is 11.9. The molecule has 0 spiro atoms. The van der Waals surface area contributed by atoms with E-state index in [1.54, 1.807) is 24.3 Å². The quantitative estimate of drug-likeness (QED) is 0.637. The van der Waals surface area contributed by atoms with Crippen molar-refractivity contribution in [3.05, 3.63) is 34.9 Å². The molecule has 1 aliphatic carbocycles. The standard InChI is InChI=1S/C17H25ClN2O3/c18-14-8-6-13(7-9-14)16(12-21)20-17(22)19-10-3-11-23-15-4-1-2-5-15/h6-9,15-16,21H,1-5,10-12H2,(H2,19,20,22). The van der Waals surface area contributed by atoms with Crippen molar-refractivity contribution in [3.63, 3.8) is 0 Å². The van der Waals surface area contributed by atoms with Gasteiger partial charge in [-0.3, -0.25) is 0 Å². The van der Waals surface area contributed by atoms with Gasteiger partial charge in [-0.25, -0.2) is 4.79 Å². The van der Waals surface area contributed by atoms with Gasteiger partial charge in [0.15, 0.2) is 0 Å². The van der Waals surface area contributed by atoms with E-state index in [2.05, 4.69) is 10.6 Å². The van der Waals surface area contributed by atoms with Gasteiger partial charge in [-0.2, -0.15) is 0 Å². The van der Waals surface area contributed by atoms with Gasteiger partial charge >= 0.3 is 6.03 Å². The van der Waals surface area contributed by atoms with Gasteiger partial charge in [-0.1, -0.05) is 36.6 Å². The van der Waals surface area contributed by atoms with Crippen LogP contribution in [0.25, 0.3) is 0 Å². The zero-order valence-electron chi connectivity index (χ0n) is 13.3. The van der Waals surface area contributed by atoms with Crippen molar-refractivity contribution in [2.45, 2.75) is 44.2 Å².